The molecule has 11 heteroatoms. The predicted molar refractivity (Wildman–Crippen MR) is 174 cm³/mol. The van der Waals surface area contributed by atoms with Crippen LogP contribution in [0.2, 0.25) is 5.02 Å². The van der Waals surface area contributed by atoms with Gasteiger partial charge in [0.05, 0.1) is 41.9 Å². The largest absolute Gasteiger partial charge is 0.504 e. The molecule has 0 radical (unpaired) electrons. The van der Waals surface area contributed by atoms with Crippen LogP contribution in [0.5, 0.6) is 11.5 Å². The van der Waals surface area contributed by atoms with Gasteiger partial charge in [0.15, 0.2) is 11.5 Å². The van der Waals surface area contributed by atoms with Crippen LogP contribution in [-0.2, 0) is 29.4 Å². The van der Waals surface area contributed by atoms with Crippen molar-refractivity contribution >= 4 is 46.9 Å². The van der Waals surface area contributed by atoms with Gasteiger partial charge in [0.2, 0.25) is 23.6 Å². The smallest absolute Gasteiger partial charge is 0.305 e. The van der Waals surface area contributed by atoms with Crippen molar-refractivity contribution in [2.75, 3.05) is 18.1 Å². The number of imide groups is 2. The minimum absolute atomic E-state index is 0.0811. The molecule has 10 nitrogen and oxygen atoms in total. The number of para-hydroxylation sites is 1. The van der Waals surface area contributed by atoms with Crippen LogP contribution in [0.1, 0.15) is 43.2 Å². The summed E-state index contributed by atoms with van der Waals surface area (Å²) in [6.45, 7) is 1.81. The summed E-state index contributed by atoms with van der Waals surface area (Å²) in [7, 11) is 0. The van der Waals surface area contributed by atoms with Crippen molar-refractivity contribution in [3.05, 3.63) is 101 Å². The molecule has 3 fully saturated rings. The van der Waals surface area contributed by atoms with Gasteiger partial charge in [-0.3, -0.25) is 28.9 Å². The Morgan fingerprint density at radius 2 is 1.71 bits per heavy atom. The maximum atomic E-state index is 15.2. The molecule has 2 N–H and O–H groups in total. The summed E-state index contributed by atoms with van der Waals surface area (Å²) in [5, 5.41) is 21.4. The van der Waals surface area contributed by atoms with E-state index in [9.17, 15) is 29.4 Å². The molecule has 4 amide bonds. The lowest BCUT2D eigenvalue weighted by Gasteiger charge is -2.50. The van der Waals surface area contributed by atoms with Gasteiger partial charge in [-0.15, -0.1) is 0 Å². The molecule has 48 heavy (non-hydrogen) atoms. The monoisotopic (exact) mass is 668 g/mol. The second kappa shape index (κ2) is 11.9. The SMILES string of the molecule is CCOc1cccc([C@H]2C3=CC[C@@H]4C(=O)N(CCC(=O)O)C(=O)[C@@H]4[C@@H]3C[C@H]3C(=O)N(c4cccc(Cl)c4)C(=O)[C@@]23c2ccccc2)c1O. The maximum Gasteiger partial charge on any atom is 0.305 e. The molecule has 246 valence electrons. The van der Waals surface area contributed by atoms with E-state index in [-0.39, 0.29) is 43.9 Å². The highest BCUT2D eigenvalue weighted by Gasteiger charge is 2.70. The summed E-state index contributed by atoms with van der Waals surface area (Å²) < 4.78 is 5.77. The zero-order chi connectivity index (χ0) is 33.9. The van der Waals surface area contributed by atoms with E-state index in [4.69, 9.17) is 16.3 Å². The first-order valence-electron chi connectivity index (χ1n) is 16.0. The highest BCUT2D eigenvalue weighted by atomic mass is 35.5. The number of carbonyl (C=O) groups is 5. The van der Waals surface area contributed by atoms with Crippen LogP contribution in [0.4, 0.5) is 5.69 Å². The second-order valence-electron chi connectivity index (χ2n) is 12.7. The standard InChI is InChI=1S/C37H33ClN2O8/c1-2-48-28-13-7-12-25(32(28)43)31-23-14-15-24-30(35(46)39(33(24)44)17-16-29(41)42)26(23)19-27-34(45)40(22-11-6-10-21(38)18-22)36(47)37(27,31)20-8-4-3-5-9-20/h3-14,18,24,26-27,30-31,43H,2,15-17,19H2,1H3,(H,41,42)/t24-,26+,27-,30-,31+,37+/m0/s1. The number of phenolic OH excluding ortho intramolecular Hbond substituents is 1. The fourth-order valence-electron chi connectivity index (χ4n) is 8.63. The van der Waals surface area contributed by atoms with E-state index in [1.54, 1.807) is 73.7 Å². The molecule has 0 unspecified atom stereocenters. The quantitative estimate of drug-likeness (QED) is 0.250. The number of carboxylic acid groups (broad SMARTS) is 1. The number of carbonyl (C=O) groups excluding carboxylic acids is 4. The number of aliphatic carboxylic acids is 1. The first-order chi connectivity index (χ1) is 23.1. The number of nitrogens with zero attached hydrogens (tertiary/aromatic N) is 2. The van der Waals surface area contributed by atoms with Crippen molar-refractivity contribution in [2.24, 2.45) is 23.7 Å². The second-order valence-corrected chi connectivity index (χ2v) is 13.1. The lowest BCUT2D eigenvalue weighted by molar-refractivity contribution is -0.142. The van der Waals surface area contributed by atoms with Gasteiger partial charge < -0.3 is 14.9 Å². The third-order valence-corrected chi connectivity index (χ3v) is 10.7. The third kappa shape index (κ3) is 4.57. The van der Waals surface area contributed by atoms with Gasteiger partial charge in [0.25, 0.3) is 0 Å². The summed E-state index contributed by atoms with van der Waals surface area (Å²) in [5.41, 5.74) is 0.359. The van der Waals surface area contributed by atoms with Crippen LogP contribution in [0.25, 0.3) is 0 Å². The number of anilines is 1. The summed E-state index contributed by atoms with van der Waals surface area (Å²) in [5.74, 6) is -7.15. The van der Waals surface area contributed by atoms with Gasteiger partial charge >= 0.3 is 5.97 Å². The molecular formula is C37H33ClN2O8. The minimum atomic E-state index is -1.55. The van der Waals surface area contributed by atoms with Gasteiger partial charge in [0.1, 0.15) is 0 Å². The summed E-state index contributed by atoms with van der Waals surface area (Å²) in [4.78, 5) is 71.1. The number of benzene rings is 3. The Bertz CT molecular complexity index is 1890. The Morgan fingerprint density at radius 1 is 0.958 bits per heavy atom. The van der Waals surface area contributed by atoms with Crippen LogP contribution in [0.15, 0.2) is 84.4 Å². The number of fused-ring (bicyclic) bond motifs is 4. The molecule has 3 aromatic carbocycles. The molecule has 1 saturated carbocycles. The number of rotatable bonds is 8. The maximum absolute atomic E-state index is 15.2. The molecular weight excluding hydrogens is 636 g/mol. The number of allylic oxidation sites excluding steroid dienone is 2. The van der Waals surface area contributed by atoms with Gasteiger partial charge in [-0.05, 0) is 55.5 Å². The van der Waals surface area contributed by atoms with Crippen molar-refractivity contribution in [2.45, 2.75) is 37.5 Å². The molecule has 6 atom stereocenters. The van der Waals surface area contributed by atoms with Crippen molar-refractivity contribution in [1.29, 1.82) is 0 Å². The first-order valence-corrected chi connectivity index (χ1v) is 16.4. The van der Waals surface area contributed by atoms with Gasteiger partial charge in [-0.2, -0.15) is 0 Å². The van der Waals surface area contributed by atoms with Crippen LogP contribution in [-0.4, -0.2) is 57.9 Å². The molecule has 0 spiro atoms. The number of carboxylic acids is 1. The normalized spacial score (nSPS) is 27.8. The van der Waals surface area contributed by atoms with E-state index >= 15 is 4.79 Å². The van der Waals surface area contributed by atoms with Gasteiger partial charge in [-0.1, -0.05) is 71.8 Å². The van der Waals surface area contributed by atoms with Crippen molar-refractivity contribution in [3.8, 4) is 11.5 Å². The first kappa shape index (κ1) is 31.6. The van der Waals surface area contributed by atoms with E-state index < -0.39 is 64.6 Å². The summed E-state index contributed by atoms with van der Waals surface area (Å²) in [6.07, 6.45) is 1.76. The highest BCUT2D eigenvalue weighted by Crippen LogP contribution is 2.65. The van der Waals surface area contributed by atoms with Crippen LogP contribution in [0, 0.1) is 23.7 Å². The van der Waals surface area contributed by atoms with Crippen molar-refractivity contribution in [3.63, 3.8) is 0 Å². The highest BCUT2D eigenvalue weighted by molar-refractivity contribution is 6.32. The summed E-state index contributed by atoms with van der Waals surface area (Å²) in [6, 6.07) is 20.6. The molecule has 2 aliphatic heterocycles. The van der Waals surface area contributed by atoms with Crippen molar-refractivity contribution < 1.29 is 38.9 Å². The van der Waals surface area contributed by atoms with E-state index in [0.29, 0.717) is 27.4 Å². The van der Waals surface area contributed by atoms with E-state index in [0.717, 1.165) is 9.80 Å². The number of aromatic hydroxyl groups is 1. The Kier molecular flexibility index (Phi) is 7.86. The molecule has 0 bridgehead atoms. The zero-order valence-corrected chi connectivity index (χ0v) is 26.8. The number of ether oxygens (including phenoxy) is 1. The molecule has 0 aromatic heterocycles. The number of phenols is 1. The fraction of sp³-hybridized carbons (Fsp3) is 0.324. The van der Waals surface area contributed by atoms with E-state index in [1.807, 2.05) is 12.1 Å². The van der Waals surface area contributed by atoms with Crippen molar-refractivity contribution in [1.82, 2.24) is 4.90 Å². The zero-order valence-electron chi connectivity index (χ0n) is 26.0. The number of halogens is 1. The van der Waals surface area contributed by atoms with Gasteiger partial charge in [-0.25, -0.2) is 4.90 Å². The lowest BCUT2D eigenvalue weighted by Crippen LogP contribution is -2.53. The number of hydrogen-bond acceptors (Lipinski definition) is 7. The molecule has 3 aromatic rings. The summed E-state index contributed by atoms with van der Waals surface area (Å²) >= 11 is 6.35. The third-order valence-electron chi connectivity index (χ3n) is 10.4. The average Bonchev–Trinajstić information content (AvgIpc) is 3.45. The Balaban J connectivity index is 1.48. The van der Waals surface area contributed by atoms with E-state index in [1.165, 1.54) is 0 Å². The predicted octanol–water partition coefficient (Wildman–Crippen LogP) is 5.08. The lowest BCUT2D eigenvalue weighted by atomic mass is 9.49. The minimum Gasteiger partial charge on any atom is -0.504 e. The molecule has 2 saturated heterocycles. The van der Waals surface area contributed by atoms with Gasteiger partial charge in [0, 0.05) is 23.0 Å². The van der Waals surface area contributed by atoms with E-state index in [2.05, 4.69) is 0 Å². The molecule has 4 aliphatic rings. The van der Waals surface area contributed by atoms with Crippen LogP contribution >= 0.6 is 11.6 Å². The topological polar surface area (TPSA) is 142 Å². The van der Waals surface area contributed by atoms with Crippen LogP contribution < -0.4 is 9.64 Å². The molecule has 2 aliphatic carbocycles. The number of likely N-dealkylation sites (tertiary alicyclic amines) is 1. The number of hydrogen-bond donors (Lipinski definition) is 2. The number of amides is 4. The molecule has 2 heterocycles. The average molecular weight is 669 g/mol. The van der Waals surface area contributed by atoms with Crippen LogP contribution in [0.3, 0.4) is 0 Å². The Morgan fingerprint density at radius 3 is 2.42 bits per heavy atom. The Hall–Kier alpha value is -4.96. The molecule has 7 rings (SSSR count). The Labute approximate surface area is 281 Å². The fourth-order valence-corrected chi connectivity index (χ4v) is 8.81.